The quantitative estimate of drug-likeness (QED) is 0.748. The van der Waals surface area contributed by atoms with Crippen molar-refractivity contribution in [2.24, 2.45) is 0 Å². The molecule has 106 valence electrons. The van der Waals surface area contributed by atoms with Crippen LogP contribution in [-0.4, -0.2) is 32.1 Å². The molecule has 1 fully saturated rings. The van der Waals surface area contributed by atoms with Crippen LogP contribution in [0.15, 0.2) is 24.3 Å². The van der Waals surface area contributed by atoms with E-state index >= 15 is 0 Å². The van der Waals surface area contributed by atoms with Crippen LogP contribution >= 0.6 is 0 Å². The molecule has 1 aliphatic rings. The Morgan fingerprint density at radius 2 is 2.16 bits per heavy atom. The van der Waals surface area contributed by atoms with Gasteiger partial charge in [-0.25, -0.2) is 0 Å². The van der Waals surface area contributed by atoms with Crippen LogP contribution < -0.4 is 4.74 Å². The average molecular weight is 276 g/mol. The maximum atomic E-state index is 13.0. The molecular weight excluding hydrogens is 261 g/mol. The van der Waals surface area contributed by atoms with Crippen LogP contribution in [0.3, 0.4) is 0 Å². The third kappa shape index (κ3) is 4.11. The minimum Gasteiger partial charge on any atom is -0.494 e. The van der Waals surface area contributed by atoms with E-state index in [-0.39, 0.29) is 18.3 Å². The molecule has 1 aromatic carbocycles. The van der Waals surface area contributed by atoms with Crippen molar-refractivity contribution in [3.05, 3.63) is 29.8 Å². The molecule has 0 spiro atoms. The fourth-order valence-electron chi connectivity index (χ4n) is 1.68. The fraction of sp³-hybridized carbons (Fsp3) is 0.538. The summed E-state index contributed by atoms with van der Waals surface area (Å²) in [5, 5.41) is 0. The van der Waals surface area contributed by atoms with E-state index in [2.05, 4.69) is 0 Å². The van der Waals surface area contributed by atoms with Gasteiger partial charge in [-0.15, -0.1) is 0 Å². The van der Waals surface area contributed by atoms with Crippen molar-refractivity contribution in [2.45, 2.75) is 25.3 Å². The summed E-state index contributed by atoms with van der Waals surface area (Å²) in [6.07, 6.45) is -6.61. The zero-order valence-electron chi connectivity index (χ0n) is 10.4. The summed E-state index contributed by atoms with van der Waals surface area (Å²) >= 11 is 0. The van der Waals surface area contributed by atoms with Gasteiger partial charge in [-0.1, -0.05) is 12.1 Å². The number of ether oxygens (including phenoxy) is 3. The molecule has 0 unspecified atom stereocenters. The summed E-state index contributed by atoms with van der Waals surface area (Å²) in [6.45, 7) is 2.58. The van der Waals surface area contributed by atoms with Crippen molar-refractivity contribution in [2.75, 3.05) is 19.8 Å². The number of alkyl halides is 3. The highest BCUT2D eigenvalue weighted by molar-refractivity contribution is 5.30. The Morgan fingerprint density at radius 3 is 2.74 bits per heavy atom. The Labute approximate surface area is 109 Å². The number of benzene rings is 1. The molecule has 0 saturated carbocycles. The van der Waals surface area contributed by atoms with E-state index in [1.54, 1.807) is 13.0 Å². The van der Waals surface area contributed by atoms with E-state index in [9.17, 15) is 13.2 Å². The smallest absolute Gasteiger partial charge is 0.418 e. The van der Waals surface area contributed by atoms with Gasteiger partial charge in [-0.05, 0) is 24.6 Å². The highest BCUT2D eigenvalue weighted by Gasteiger charge is 2.43. The third-order valence-electron chi connectivity index (χ3n) is 2.62. The van der Waals surface area contributed by atoms with Gasteiger partial charge in [0.05, 0.1) is 19.8 Å². The Bertz CT molecular complexity index is 416. The number of hydrogen-bond donors (Lipinski definition) is 0. The lowest BCUT2D eigenvalue weighted by Gasteiger charge is -2.21. The second kappa shape index (κ2) is 5.79. The summed E-state index contributed by atoms with van der Waals surface area (Å²) in [6, 6.07) is 5.88. The molecule has 1 saturated heterocycles. The summed E-state index contributed by atoms with van der Waals surface area (Å²) in [5.41, 5.74) is 0.0408. The van der Waals surface area contributed by atoms with Gasteiger partial charge in [-0.3, -0.25) is 0 Å². The normalized spacial score (nSPS) is 20.1. The van der Waals surface area contributed by atoms with Gasteiger partial charge in [0.15, 0.2) is 6.10 Å². The number of halogens is 3. The molecule has 3 nitrogen and oxygen atoms in total. The molecule has 0 aromatic heterocycles. The highest BCUT2D eigenvalue weighted by atomic mass is 19.4. The van der Waals surface area contributed by atoms with Crippen LogP contribution in [0.1, 0.15) is 18.6 Å². The molecule has 1 heterocycles. The molecular formula is C13H15F3O3. The molecule has 2 atom stereocenters. The summed E-state index contributed by atoms with van der Waals surface area (Å²) < 4.78 is 54.0. The van der Waals surface area contributed by atoms with Crippen LogP contribution in [0.25, 0.3) is 0 Å². The third-order valence-corrected chi connectivity index (χ3v) is 2.62. The number of rotatable bonds is 6. The fourth-order valence-corrected chi connectivity index (χ4v) is 1.68. The number of epoxide rings is 1. The van der Waals surface area contributed by atoms with E-state index in [4.69, 9.17) is 14.2 Å². The Hall–Kier alpha value is -1.27. The van der Waals surface area contributed by atoms with E-state index in [1.165, 1.54) is 18.2 Å². The standard InChI is InChI=1S/C13H15F3O3/c1-2-17-10-5-3-4-9(6-10)12(13(14,15)16)19-8-11-7-18-11/h3-6,11-12H,2,7-8H2,1H3/t11-,12+/m1/s1. The van der Waals surface area contributed by atoms with Gasteiger partial charge < -0.3 is 14.2 Å². The Kier molecular flexibility index (Phi) is 4.31. The van der Waals surface area contributed by atoms with E-state index in [1.807, 2.05) is 0 Å². The van der Waals surface area contributed by atoms with Crippen LogP contribution in [0, 0.1) is 0 Å². The van der Waals surface area contributed by atoms with Crippen LogP contribution in [0.4, 0.5) is 13.2 Å². The van der Waals surface area contributed by atoms with Crippen LogP contribution in [0.2, 0.25) is 0 Å². The maximum Gasteiger partial charge on any atom is 0.418 e. The van der Waals surface area contributed by atoms with Crippen molar-refractivity contribution >= 4 is 0 Å². The largest absolute Gasteiger partial charge is 0.494 e. The van der Waals surface area contributed by atoms with Crippen molar-refractivity contribution in [1.29, 1.82) is 0 Å². The Morgan fingerprint density at radius 1 is 1.42 bits per heavy atom. The highest BCUT2D eigenvalue weighted by Crippen LogP contribution is 2.37. The second-order valence-electron chi connectivity index (χ2n) is 4.22. The first-order valence-corrected chi connectivity index (χ1v) is 6.03. The predicted molar refractivity (Wildman–Crippen MR) is 62.1 cm³/mol. The minimum atomic E-state index is -4.46. The summed E-state index contributed by atoms with van der Waals surface area (Å²) in [7, 11) is 0. The first kappa shape index (κ1) is 14.1. The van der Waals surface area contributed by atoms with Crippen LogP contribution in [0.5, 0.6) is 5.75 Å². The van der Waals surface area contributed by atoms with Gasteiger partial charge in [0.25, 0.3) is 0 Å². The zero-order valence-corrected chi connectivity index (χ0v) is 10.4. The lowest BCUT2D eigenvalue weighted by atomic mass is 10.1. The van der Waals surface area contributed by atoms with Crippen molar-refractivity contribution < 1.29 is 27.4 Å². The van der Waals surface area contributed by atoms with E-state index in [0.29, 0.717) is 19.0 Å². The molecule has 0 N–H and O–H groups in total. The molecule has 19 heavy (non-hydrogen) atoms. The van der Waals surface area contributed by atoms with Crippen molar-refractivity contribution in [1.82, 2.24) is 0 Å². The van der Waals surface area contributed by atoms with Gasteiger partial charge in [0, 0.05) is 0 Å². The average Bonchev–Trinajstić information content (AvgIpc) is 3.12. The molecule has 1 aromatic rings. The van der Waals surface area contributed by atoms with Gasteiger partial charge in [0.1, 0.15) is 11.9 Å². The van der Waals surface area contributed by atoms with E-state index in [0.717, 1.165) is 0 Å². The van der Waals surface area contributed by atoms with Gasteiger partial charge in [-0.2, -0.15) is 13.2 Å². The second-order valence-corrected chi connectivity index (χ2v) is 4.22. The molecule has 2 rings (SSSR count). The van der Waals surface area contributed by atoms with E-state index < -0.39 is 12.3 Å². The SMILES string of the molecule is CCOc1cccc([C@H](OC[C@H]2CO2)C(F)(F)F)c1. The van der Waals surface area contributed by atoms with Gasteiger partial charge in [0.2, 0.25) is 0 Å². The van der Waals surface area contributed by atoms with Crippen molar-refractivity contribution in [3.63, 3.8) is 0 Å². The molecule has 0 aliphatic carbocycles. The first-order chi connectivity index (χ1) is 9.00. The van der Waals surface area contributed by atoms with Crippen LogP contribution in [-0.2, 0) is 9.47 Å². The molecule has 6 heteroatoms. The Balaban J connectivity index is 2.13. The summed E-state index contributed by atoms with van der Waals surface area (Å²) in [5.74, 6) is 0.403. The molecule has 1 aliphatic heterocycles. The predicted octanol–water partition coefficient (Wildman–Crippen LogP) is 3.10. The lowest BCUT2D eigenvalue weighted by Crippen LogP contribution is -2.25. The molecule has 0 radical (unpaired) electrons. The topological polar surface area (TPSA) is 31.0 Å². The molecule has 0 amide bonds. The maximum absolute atomic E-state index is 13.0. The van der Waals surface area contributed by atoms with Gasteiger partial charge >= 0.3 is 6.18 Å². The van der Waals surface area contributed by atoms with Crippen molar-refractivity contribution in [3.8, 4) is 5.75 Å². The first-order valence-electron chi connectivity index (χ1n) is 6.03. The number of hydrogen-bond acceptors (Lipinski definition) is 3. The summed E-state index contributed by atoms with van der Waals surface area (Å²) in [4.78, 5) is 0. The lowest BCUT2D eigenvalue weighted by molar-refractivity contribution is -0.224. The monoisotopic (exact) mass is 276 g/mol. The minimum absolute atomic E-state index is 0.0408. The zero-order chi connectivity index (χ0) is 13.9. The molecule has 0 bridgehead atoms.